The van der Waals surface area contributed by atoms with Gasteiger partial charge in [0.15, 0.2) is 17.6 Å². The molecule has 1 N–H and O–H groups in total. The van der Waals surface area contributed by atoms with Crippen LogP contribution in [0, 0.1) is 6.92 Å². The highest BCUT2D eigenvalue weighted by molar-refractivity contribution is 9.10. The lowest BCUT2D eigenvalue weighted by Crippen LogP contribution is -2.30. The van der Waals surface area contributed by atoms with Crippen molar-refractivity contribution in [2.24, 2.45) is 0 Å². The van der Waals surface area contributed by atoms with Crippen LogP contribution in [0.15, 0.2) is 45.3 Å². The summed E-state index contributed by atoms with van der Waals surface area (Å²) < 4.78 is 22.8. The number of halogens is 1. The second-order valence-electron chi connectivity index (χ2n) is 6.59. The maximum atomic E-state index is 12.5. The monoisotopic (exact) mass is 459 g/mol. The van der Waals surface area contributed by atoms with Gasteiger partial charge in [0.25, 0.3) is 5.91 Å². The molecule has 0 saturated carbocycles. The fourth-order valence-electron chi connectivity index (χ4n) is 3.02. The summed E-state index contributed by atoms with van der Waals surface area (Å²) in [7, 11) is 0. The first kappa shape index (κ1) is 19.3. The lowest BCUT2D eigenvalue weighted by molar-refractivity contribution is -0.123. The number of esters is 1. The van der Waals surface area contributed by atoms with Crippen molar-refractivity contribution in [1.82, 2.24) is 0 Å². The summed E-state index contributed by atoms with van der Waals surface area (Å²) in [5, 5.41) is 3.51. The number of hydrogen-bond acceptors (Lipinski definition) is 6. The van der Waals surface area contributed by atoms with E-state index >= 15 is 0 Å². The average Bonchev–Trinajstić information content (AvgIpc) is 3.04. The molecule has 0 saturated heterocycles. The number of fused-ring (bicyclic) bond motifs is 2. The number of amides is 1. The van der Waals surface area contributed by atoms with Gasteiger partial charge in [0, 0.05) is 27.2 Å². The third kappa shape index (κ3) is 3.93. The summed E-state index contributed by atoms with van der Waals surface area (Å²) in [6, 6.07) is 10.5. The van der Waals surface area contributed by atoms with Crippen LogP contribution < -0.4 is 14.8 Å². The van der Waals surface area contributed by atoms with Crippen LogP contribution in [0.2, 0.25) is 0 Å². The van der Waals surface area contributed by atoms with Crippen molar-refractivity contribution < 1.29 is 28.2 Å². The van der Waals surface area contributed by atoms with Crippen molar-refractivity contribution in [3.05, 3.63) is 52.2 Å². The third-order valence-electron chi connectivity index (χ3n) is 4.55. The molecule has 1 amide bonds. The van der Waals surface area contributed by atoms with E-state index in [1.54, 1.807) is 31.2 Å². The molecule has 1 aliphatic rings. The number of ether oxygens (including phenoxy) is 3. The highest BCUT2D eigenvalue weighted by Crippen LogP contribution is 2.33. The minimum absolute atomic E-state index is 0.0806. The number of furan rings is 1. The van der Waals surface area contributed by atoms with Gasteiger partial charge in [-0.15, -0.1) is 0 Å². The van der Waals surface area contributed by atoms with Crippen LogP contribution in [0.1, 0.15) is 23.0 Å². The summed E-state index contributed by atoms with van der Waals surface area (Å²) in [6.07, 6.45) is -1.02. The largest absolute Gasteiger partial charge is 0.486 e. The van der Waals surface area contributed by atoms with Gasteiger partial charge in [0.2, 0.25) is 5.76 Å². The van der Waals surface area contributed by atoms with Crippen LogP contribution in [-0.2, 0) is 9.53 Å². The summed E-state index contributed by atoms with van der Waals surface area (Å²) in [5.74, 6) is 0.103. The van der Waals surface area contributed by atoms with Crippen LogP contribution in [-0.4, -0.2) is 31.2 Å². The smallest absolute Gasteiger partial charge is 0.375 e. The Morgan fingerprint density at radius 3 is 2.66 bits per heavy atom. The molecule has 8 heteroatoms. The average molecular weight is 460 g/mol. The predicted molar refractivity (Wildman–Crippen MR) is 110 cm³/mol. The van der Waals surface area contributed by atoms with E-state index in [4.69, 9.17) is 18.6 Å². The van der Waals surface area contributed by atoms with Crippen molar-refractivity contribution in [2.45, 2.75) is 20.0 Å². The highest BCUT2D eigenvalue weighted by atomic mass is 79.9. The van der Waals surface area contributed by atoms with Crippen LogP contribution in [0.25, 0.3) is 11.0 Å². The van der Waals surface area contributed by atoms with Gasteiger partial charge in [0.05, 0.1) is 0 Å². The number of hydrogen-bond donors (Lipinski definition) is 1. The first-order valence-electron chi connectivity index (χ1n) is 9.02. The molecule has 3 aromatic rings. The summed E-state index contributed by atoms with van der Waals surface area (Å²) >= 11 is 3.40. The number of benzene rings is 2. The van der Waals surface area contributed by atoms with E-state index < -0.39 is 18.0 Å². The second kappa shape index (κ2) is 7.79. The fourth-order valence-corrected chi connectivity index (χ4v) is 3.38. The minimum atomic E-state index is -1.02. The molecule has 1 aromatic heterocycles. The Balaban J connectivity index is 1.45. The van der Waals surface area contributed by atoms with Gasteiger partial charge in [0.1, 0.15) is 18.8 Å². The fraction of sp³-hybridized carbons (Fsp3) is 0.238. The first-order chi connectivity index (χ1) is 13.9. The van der Waals surface area contributed by atoms with E-state index in [-0.39, 0.29) is 5.76 Å². The Kier molecular flexibility index (Phi) is 5.19. The SMILES string of the molecule is Cc1c(C(=O)OC(C)C(=O)Nc2ccc3c(c2)OCCO3)oc2ccc(Br)cc12. The van der Waals surface area contributed by atoms with E-state index in [0.717, 1.165) is 9.86 Å². The number of aryl methyl sites for hydroxylation is 1. The standard InChI is InChI=1S/C21H18BrNO6/c1-11-15-9-13(22)3-5-16(15)29-19(11)21(25)28-12(2)20(24)23-14-4-6-17-18(10-14)27-8-7-26-17/h3-6,9-10,12H,7-8H2,1-2H3,(H,23,24). The Bertz CT molecular complexity index is 1110. The van der Waals surface area contributed by atoms with E-state index in [1.165, 1.54) is 6.92 Å². The quantitative estimate of drug-likeness (QED) is 0.579. The van der Waals surface area contributed by atoms with Crippen LogP contribution >= 0.6 is 15.9 Å². The zero-order valence-electron chi connectivity index (χ0n) is 15.8. The van der Waals surface area contributed by atoms with Gasteiger partial charge in [-0.25, -0.2) is 4.79 Å². The molecule has 0 aliphatic carbocycles. The summed E-state index contributed by atoms with van der Waals surface area (Å²) in [5.41, 5.74) is 1.75. The van der Waals surface area contributed by atoms with E-state index in [0.29, 0.717) is 41.5 Å². The molecule has 0 fully saturated rings. The molecule has 2 aromatic carbocycles. The number of anilines is 1. The number of nitrogens with one attached hydrogen (secondary N) is 1. The zero-order chi connectivity index (χ0) is 20.5. The molecule has 0 spiro atoms. The van der Waals surface area contributed by atoms with Crippen LogP contribution in [0.3, 0.4) is 0 Å². The highest BCUT2D eigenvalue weighted by Gasteiger charge is 2.24. The normalized spacial score (nSPS) is 13.8. The van der Waals surface area contributed by atoms with E-state index in [2.05, 4.69) is 21.2 Å². The Labute approximate surface area is 175 Å². The van der Waals surface area contributed by atoms with Crippen molar-refractivity contribution in [2.75, 3.05) is 18.5 Å². The lowest BCUT2D eigenvalue weighted by Gasteiger charge is -2.19. The maximum absolute atomic E-state index is 12.5. The molecule has 1 aliphatic heterocycles. The Morgan fingerprint density at radius 1 is 1.10 bits per heavy atom. The predicted octanol–water partition coefficient (Wildman–Crippen LogP) is 4.46. The molecule has 150 valence electrons. The molecular formula is C21H18BrNO6. The molecule has 1 atom stereocenters. The number of rotatable bonds is 4. The zero-order valence-corrected chi connectivity index (χ0v) is 17.4. The minimum Gasteiger partial charge on any atom is -0.486 e. The maximum Gasteiger partial charge on any atom is 0.375 e. The molecule has 4 rings (SSSR count). The van der Waals surface area contributed by atoms with Gasteiger partial charge in [-0.1, -0.05) is 15.9 Å². The van der Waals surface area contributed by atoms with Gasteiger partial charge in [-0.05, 0) is 44.2 Å². The van der Waals surface area contributed by atoms with Crippen LogP contribution in [0.5, 0.6) is 11.5 Å². The summed E-state index contributed by atoms with van der Waals surface area (Å²) in [6.45, 7) is 4.21. The second-order valence-corrected chi connectivity index (χ2v) is 7.51. The lowest BCUT2D eigenvalue weighted by atomic mass is 10.1. The number of carbonyl (C=O) groups is 2. The third-order valence-corrected chi connectivity index (χ3v) is 5.04. The van der Waals surface area contributed by atoms with Gasteiger partial charge in [-0.2, -0.15) is 0 Å². The first-order valence-corrected chi connectivity index (χ1v) is 9.82. The van der Waals surface area contributed by atoms with E-state index in [1.807, 2.05) is 12.1 Å². The van der Waals surface area contributed by atoms with Crippen molar-refractivity contribution >= 4 is 44.5 Å². The van der Waals surface area contributed by atoms with E-state index in [9.17, 15) is 9.59 Å². The molecular weight excluding hydrogens is 442 g/mol. The van der Waals surface area contributed by atoms with Crippen LogP contribution in [0.4, 0.5) is 5.69 Å². The summed E-state index contributed by atoms with van der Waals surface area (Å²) in [4.78, 5) is 25.0. The van der Waals surface area contributed by atoms with Crippen molar-refractivity contribution in [3.8, 4) is 11.5 Å². The molecule has 7 nitrogen and oxygen atoms in total. The Morgan fingerprint density at radius 2 is 1.86 bits per heavy atom. The molecule has 0 radical (unpaired) electrons. The molecule has 0 bridgehead atoms. The topological polar surface area (TPSA) is 87.0 Å². The van der Waals surface area contributed by atoms with Crippen molar-refractivity contribution in [1.29, 1.82) is 0 Å². The molecule has 29 heavy (non-hydrogen) atoms. The van der Waals surface area contributed by atoms with Crippen molar-refractivity contribution in [3.63, 3.8) is 0 Å². The van der Waals surface area contributed by atoms with Gasteiger partial charge < -0.3 is 23.9 Å². The molecule has 1 unspecified atom stereocenters. The van der Waals surface area contributed by atoms with Gasteiger partial charge in [-0.3, -0.25) is 4.79 Å². The number of carbonyl (C=O) groups excluding carboxylic acids is 2. The van der Waals surface area contributed by atoms with Gasteiger partial charge >= 0.3 is 5.97 Å². The Hall–Kier alpha value is -3.00. The molecule has 2 heterocycles.